The van der Waals surface area contributed by atoms with Gasteiger partial charge < -0.3 is 10.2 Å². The van der Waals surface area contributed by atoms with Gasteiger partial charge in [-0.05, 0) is 37.1 Å². The molecule has 2 nitrogen and oxygen atoms in total. The summed E-state index contributed by atoms with van der Waals surface area (Å²) < 4.78 is 0. The largest absolute Gasteiger partial charge is 0.377 e. The van der Waals surface area contributed by atoms with Crippen molar-refractivity contribution in [2.75, 3.05) is 24.3 Å². The van der Waals surface area contributed by atoms with Crippen LogP contribution in [-0.2, 0) is 0 Å². The summed E-state index contributed by atoms with van der Waals surface area (Å²) >= 11 is 6.16. The van der Waals surface area contributed by atoms with Crippen LogP contribution in [0.4, 0.5) is 11.4 Å². The number of halogens is 1. The summed E-state index contributed by atoms with van der Waals surface area (Å²) in [5.41, 5.74) is 4.79. The van der Waals surface area contributed by atoms with Gasteiger partial charge in [0.1, 0.15) is 0 Å². The van der Waals surface area contributed by atoms with Gasteiger partial charge in [0, 0.05) is 19.1 Å². The summed E-state index contributed by atoms with van der Waals surface area (Å²) in [6.07, 6.45) is 1.02. The lowest BCUT2D eigenvalue weighted by Crippen LogP contribution is -2.15. The normalized spacial score (nSPS) is 12.0. The van der Waals surface area contributed by atoms with E-state index in [9.17, 15) is 0 Å². The molecule has 21 heavy (non-hydrogen) atoms. The highest BCUT2D eigenvalue weighted by Gasteiger charge is 2.12. The number of aryl methyl sites for hydroxylation is 1. The van der Waals surface area contributed by atoms with Gasteiger partial charge in [0.15, 0.2) is 0 Å². The fourth-order valence-electron chi connectivity index (χ4n) is 2.42. The van der Waals surface area contributed by atoms with Crippen molar-refractivity contribution < 1.29 is 0 Å². The van der Waals surface area contributed by atoms with Crippen molar-refractivity contribution in [1.29, 1.82) is 0 Å². The van der Waals surface area contributed by atoms with Crippen LogP contribution in [0.3, 0.4) is 0 Å². The third kappa shape index (κ3) is 3.92. The van der Waals surface area contributed by atoms with Crippen molar-refractivity contribution in [2.45, 2.75) is 26.3 Å². The zero-order chi connectivity index (χ0) is 15.4. The molecule has 2 aromatic carbocycles. The Kier molecular flexibility index (Phi) is 5.13. The molecule has 2 aromatic rings. The molecule has 0 saturated heterocycles. The van der Waals surface area contributed by atoms with Gasteiger partial charge in [-0.15, -0.1) is 0 Å². The van der Waals surface area contributed by atoms with Crippen LogP contribution in [0, 0.1) is 6.92 Å². The van der Waals surface area contributed by atoms with E-state index in [4.69, 9.17) is 11.6 Å². The van der Waals surface area contributed by atoms with Crippen molar-refractivity contribution in [1.82, 2.24) is 0 Å². The van der Waals surface area contributed by atoms with Gasteiger partial charge in [-0.25, -0.2) is 0 Å². The van der Waals surface area contributed by atoms with Gasteiger partial charge >= 0.3 is 0 Å². The number of anilines is 2. The summed E-state index contributed by atoms with van der Waals surface area (Å²) in [6, 6.07) is 14.9. The first-order valence-corrected chi connectivity index (χ1v) is 7.69. The van der Waals surface area contributed by atoms with Gasteiger partial charge in [-0.2, -0.15) is 0 Å². The molecular formula is C18H23ClN2. The molecule has 0 bridgehead atoms. The summed E-state index contributed by atoms with van der Waals surface area (Å²) in [7, 11) is 4.09. The topological polar surface area (TPSA) is 15.3 Å². The van der Waals surface area contributed by atoms with E-state index < -0.39 is 0 Å². The lowest BCUT2D eigenvalue weighted by molar-refractivity contribution is 0.749. The first kappa shape index (κ1) is 15.7. The minimum atomic E-state index is 0.280. The Labute approximate surface area is 132 Å². The molecule has 0 aromatic heterocycles. The minimum absolute atomic E-state index is 0.280. The fourth-order valence-corrected chi connectivity index (χ4v) is 2.59. The highest BCUT2D eigenvalue weighted by molar-refractivity contribution is 6.31. The first-order valence-electron chi connectivity index (χ1n) is 7.31. The Morgan fingerprint density at radius 1 is 1.10 bits per heavy atom. The van der Waals surface area contributed by atoms with Crippen LogP contribution >= 0.6 is 11.6 Å². The van der Waals surface area contributed by atoms with E-state index in [0.29, 0.717) is 0 Å². The van der Waals surface area contributed by atoms with E-state index in [1.54, 1.807) is 0 Å². The van der Waals surface area contributed by atoms with E-state index in [2.05, 4.69) is 48.3 Å². The quantitative estimate of drug-likeness (QED) is 0.808. The molecule has 0 spiro atoms. The second-order valence-electron chi connectivity index (χ2n) is 5.57. The number of hydrogen-bond donors (Lipinski definition) is 1. The minimum Gasteiger partial charge on any atom is -0.377 e. The fraction of sp³-hybridized carbons (Fsp3) is 0.333. The molecule has 3 heteroatoms. The molecule has 0 aliphatic carbocycles. The molecular weight excluding hydrogens is 280 g/mol. The summed E-state index contributed by atoms with van der Waals surface area (Å²) in [5.74, 6) is 0. The average molecular weight is 303 g/mol. The van der Waals surface area contributed by atoms with Crippen LogP contribution in [-0.4, -0.2) is 14.1 Å². The number of rotatable bonds is 5. The molecule has 0 heterocycles. The smallest absolute Gasteiger partial charge is 0.0598 e. The number of benzene rings is 2. The van der Waals surface area contributed by atoms with Crippen molar-refractivity contribution in [3.05, 3.63) is 58.6 Å². The third-order valence-corrected chi connectivity index (χ3v) is 3.89. The molecule has 0 aliphatic heterocycles. The van der Waals surface area contributed by atoms with E-state index in [1.807, 2.05) is 32.3 Å². The van der Waals surface area contributed by atoms with Crippen molar-refractivity contribution in [2.24, 2.45) is 0 Å². The molecule has 112 valence electrons. The van der Waals surface area contributed by atoms with Crippen molar-refractivity contribution >= 4 is 23.0 Å². The highest BCUT2D eigenvalue weighted by Crippen LogP contribution is 2.32. The standard InChI is InChI=1S/C18H23ClN2/c1-5-16(14-8-6-13(2)7-9-14)20-17-12-15(19)10-11-18(17)21(3)4/h6-12,16,20H,5H2,1-4H3. The monoisotopic (exact) mass is 302 g/mol. The van der Waals surface area contributed by atoms with E-state index >= 15 is 0 Å². The zero-order valence-corrected chi connectivity index (χ0v) is 13.9. The Morgan fingerprint density at radius 3 is 2.33 bits per heavy atom. The van der Waals surface area contributed by atoms with Crippen LogP contribution in [0.5, 0.6) is 0 Å². The van der Waals surface area contributed by atoms with Crippen LogP contribution in [0.2, 0.25) is 5.02 Å². The highest BCUT2D eigenvalue weighted by atomic mass is 35.5. The maximum atomic E-state index is 6.16. The van der Waals surface area contributed by atoms with Gasteiger partial charge in [-0.1, -0.05) is 48.4 Å². The predicted molar refractivity (Wildman–Crippen MR) is 93.6 cm³/mol. The number of hydrogen-bond acceptors (Lipinski definition) is 2. The van der Waals surface area contributed by atoms with E-state index in [1.165, 1.54) is 11.1 Å². The Hall–Kier alpha value is -1.67. The molecule has 0 radical (unpaired) electrons. The SMILES string of the molecule is CCC(Nc1cc(Cl)ccc1N(C)C)c1ccc(C)cc1. The van der Waals surface area contributed by atoms with E-state index in [0.717, 1.165) is 22.8 Å². The van der Waals surface area contributed by atoms with Gasteiger partial charge in [0.25, 0.3) is 0 Å². The maximum absolute atomic E-state index is 6.16. The van der Waals surface area contributed by atoms with Crippen LogP contribution < -0.4 is 10.2 Å². The Bertz CT molecular complexity index is 591. The second-order valence-corrected chi connectivity index (χ2v) is 6.01. The number of nitrogens with one attached hydrogen (secondary N) is 1. The zero-order valence-electron chi connectivity index (χ0n) is 13.2. The van der Waals surface area contributed by atoms with Gasteiger partial charge in [0.05, 0.1) is 17.4 Å². The molecule has 1 unspecified atom stereocenters. The van der Waals surface area contributed by atoms with Crippen LogP contribution in [0.1, 0.15) is 30.5 Å². The van der Waals surface area contributed by atoms with Crippen molar-refractivity contribution in [3.8, 4) is 0 Å². The second kappa shape index (κ2) is 6.86. The molecule has 1 N–H and O–H groups in total. The third-order valence-electron chi connectivity index (χ3n) is 3.66. The molecule has 0 fully saturated rings. The van der Waals surface area contributed by atoms with Gasteiger partial charge in [-0.3, -0.25) is 0 Å². The summed E-state index contributed by atoms with van der Waals surface area (Å²) in [5, 5.41) is 4.38. The number of nitrogens with zero attached hydrogens (tertiary/aromatic N) is 1. The molecule has 0 aliphatic rings. The Morgan fingerprint density at radius 2 is 1.76 bits per heavy atom. The van der Waals surface area contributed by atoms with E-state index in [-0.39, 0.29) is 6.04 Å². The summed E-state index contributed by atoms with van der Waals surface area (Å²) in [4.78, 5) is 2.10. The predicted octanol–water partition coefficient (Wildman–Crippen LogP) is 5.28. The molecule has 2 rings (SSSR count). The lowest BCUT2D eigenvalue weighted by Gasteiger charge is -2.24. The van der Waals surface area contributed by atoms with Crippen LogP contribution in [0.25, 0.3) is 0 Å². The first-order chi connectivity index (χ1) is 10.0. The van der Waals surface area contributed by atoms with Crippen molar-refractivity contribution in [3.63, 3.8) is 0 Å². The molecule has 1 atom stereocenters. The lowest BCUT2D eigenvalue weighted by atomic mass is 10.0. The van der Waals surface area contributed by atoms with Crippen LogP contribution in [0.15, 0.2) is 42.5 Å². The molecule has 0 amide bonds. The summed E-state index contributed by atoms with van der Waals surface area (Å²) in [6.45, 7) is 4.30. The average Bonchev–Trinajstić information content (AvgIpc) is 2.45. The Balaban J connectivity index is 2.30. The van der Waals surface area contributed by atoms with Gasteiger partial charge in [0.2, 0.25) is 0 Å². The maximum Gasteiger partial charge on any atom is 0.0598 e. The molecule has 0 saturated carbocycles.